The third kappa shape index (κ3) is 3.66. The molecule has 0 aliphatic heterocycles. The highest BCUT2D eigenvalue weighted by molar-refractivity contribution is 5.95. The van der Waals surface area contributed by atoms with Crippen molar-refractivity contribution in [1.82, 2.24) is 4.90 Å². The zero-order valence-corrected chi connectivity index (χ0v) is 14.7. The summed E-state index contributed by atoms with van der Waals surface area (Å²) >= 11 is 0. The SMILES string of the molecule is COc1cc(C(=O)N(C)Cc2cc(C(=O)O)c(C)o2)cc([N+](=O)[O-])c1C. The van der Waals surface area contributed by atoms with Crippen LogP contribution in [0, 0.1) is 24.0 Å². The van der Waals surface area contributed by atoms with E-state index in [4.69, 9.17) is 14.3 Å². The molecule has 0 aliphatic carbocycles. The molecule has 1 N–H and O–H groups in total. The second-order valence-electron chi connectivity index (χ2n) is 5.73. The van der Waals surface area contributed by atoms with Crippen LogP contribution in [-0.4, -0.2) is 41.0 Å². The van der Waals surface area contributed by atoms with Gasteiger partial charge in [0, 0.05) is 13.1 Å². The molecule has 0 saturated carbocycles. The highest BCUT2D eigenvalue weighted by Crippen LogP contribution is 2.30. The van der Waals surface area contributed by atoms with E-state index in [-0.39, 0.29) is 34.9 Å². The number of hydrogen-bond donors (Lipinski definition) is 1. The molecule has 0 bridgehead atoms. The number of amides is 1. The Morgan fingerprint density at radius 1 is 1.31 bits per heavy atom. The lowest BCUT2D eigenvalue weighted by Gasteiger charge is -2.17. The molecule has 9 nitrogen and oxygen atoms in total. The number of carbonyl (C=O) groups excluding carboxylic acids is 1. The van der Waals surface area contributed by atoms with Crippen LogP contribution in [0.3, 0.4) is 0 Å². The predicted molar refractivity (Wildman–Crippen MR) is 90.6 cm³/mol. The van der Waals surface area contributed by atoms with Crippen LogP contribution in [0.1, 0.15) is 37.8 Å². The number of ether oxygens (including phenoxy) is 1. The molecule has 1 heterocycles. The van der Waals surface area contributed by atoms with Gasteiger partial charge in [0.1, 0.15) is 22.8 Å². The lowest BCUT2D eigenvalue weighted by atomic mass is 10.1. The molecule has 0 aliphatic rings. The number of rotatable bonds is 6. The van der Waals surface area contributed by atoms with Gasteiger partial charge >= 0.3 is 5.97 Å². The fraction of sp³-hybridized carbons (Fsp3) is 0.294. The van der Waals surface area contributed by atoms with Gasteiger partial charge in [0.2, 0.25) is 0 Å². The Bertz CT molecular complexity index is 885. The number of carboxylic acid groups (broad SMARTS) is 1. The lowest BCUT2D eigenvalue weighted by molar-refractivity contribution is -0.385. The summed E-state index contributed by atoms with van der Waals surface area (Å²) in [7, 11) is 2.85. The Morgan fingerprint density at radius 2 is 1.96 bits per heavy atom. The van der Waals surface area contributed by atoms with Crippen LogP contribution in [-0.2, 0) is 6.54 Å². The van der Waals surface area contributed by atoms with E-state index in [0.29, 0.717) is 11.3 Å². The van der Waals surface area contributed by atoms with Gasteiger partial charge in [0.15, 0.2) is 0 Å². The minimum absolute atomic E-state index is 0.0109. The molecule has 1 amide bonds. The first kappa shape index (κ1) is 19.0. The van der Waals surface area contributed by atoms with E-state index in [1.54, 1.807) is 0 Å². The number of nitro benzene ring substituents is 1. The maximum atomic E-state index is 12.6. The van der Waals surface area contributed by atoms with Crippen molar-refractivity contribution in [3.63, 3.8) is 0 Å². The summed E-state index contributed by atoms with van der Waals surface area (Å²) in [6, 6.07) is 3.96. The van der Waals surface area contributed by atoms with Gasteiger partial charge in [-0.05, 0) is 26.0 Å². The van der Waals surface area contributed by atoms with E-state index in [2.05, 4.69) is 0 Å². The van der Waals surface area contributed by atoms with Gasteiger partial charge in [-0.1, -0.05) is 0 Å². The second-order valence-corrected chi connectivity index (χ2v) is 5.73. The molecule has 0 radical (unpaired) electrons. The first-order chi connectivity index (χ1) is 12.1. The van der Waals surface area contributed by atoms with E-state index in [0.717, 1.165) is 0 Å². The van der Waals surface area contributed by atoms with Crippen LogP contribution in [0.4, 0.5) is 5.69 Å². The summed E-state index contributed by atoms with van der Waals surface area (Å²) in [4.78, 5) is 35.6. The third-order valence-corrected chi connectivity index (χ3v) is 3.94. The number of furan rings is 1. The maximum absolute atomic E-state index is 12.6. The van der Waals surface area contributed by atoms with Gasteiger partial charge < -0.3 is 19.2 Å². The Morgan fingerprint density at radius 3 is 2.46 bits per heavy atom. The standard InChI is InChI=1S/C17H18N2O7/c1-9-14(19(23)24)5-11(6-15(9)25-4)16(20)18(3)8-12-7-13(17(21)22)10(2)26-12/h5-7H,8H2,1-4H3,(H,21,22). The summed E-state index contributed by atoms with van der Waals surface area (Å²) in [6.45, 7) is 3.06. The van der Waals surface area contributed by atoms with Crippen LogP contribution < -0.4 is 4.74 Å². The van der Waals surface area contributed by atoms with Gasteiger partial charge in [0.25, 0.3) is 11.6 Å². The highest BCUT2D eigenvalue weighted by atomic mass is 16.6. The summed E-state index contributed by atoms with van der Waals surface area (Å²) < 4.78 is 10.5. The van der Waals surface area contributed by atoms with E-state index in [1.807, 2.05) is 0 Å². The number of hydrogen-bond acceptors (Lipinski definition) is 6. The topological polar surface area (TPSA) is 123 Å². The number of nitro groups is 1. The molecule has 2 rings (SSSR count). The normalized spacial score (nSPS) is 10.5. The summed E-state index contributed by atoms with van der Waals surface area (Å²) in [5.41, 5.74) is 0.212. The highest BCUT2D eigenvalue weighted by Gasteiger charge is 2.23. The minimum atomic E-state index is -1.12. The Labute approximate surface area is 148 Å². The van der Waals surface area contributed by atoms with E-state index in [1.165, 1.54) is 51.1 Å². The van der Waals surface area contributed by atoms with Crippen molar-refractivity contribution in [2.24, 2.45) is 0 Å². The number of aromatic carboxylic acids is 1. The summed E-state index contributed by atoms with van der Waals surface area (Å²) in [5, 5.41) is 20.2. The van der Waals surface area contributed by atoms with Crippen LogP contribution in [0.2, 0.25) is 0 Å². The Kier molecular flexibility index (Phi) is 5.30. The average Bonchev–Trinajstić information content (AvgIpc) is 2.94. The van der Waals surface area contributed by atoms with E-state index in [9.17, 15) is 19.7 Å². The van der Waals surface area contributed by atoms with Crippen LogP contribution >= 0.6 is 0 Å². The number of carboxylic acids is 1. The molecule has 9 heteroatoms. The molecular formula is C17H18N2O7. The molecule has 0 spiro atoms. The fourth-order valence-electron chi connectivity index (χ4n) is 2.56. The van der Waals surface area contributed by atoms with Crippen molar-refractivity contribution < 1.29 is 28.8 Å². The number of carbonyl (C=O) groups is 2. The van der Waals surface area contributed by atoms with Crippen molar-refractivity contribution in [2.45, 2.75) is 20.4 Å². The number of methoxy groups -OCH3 is 1. The van der Waals surface area contributed by atoms with E-state index >= 15 is 0 Å². The number of nitrogens with zero attached hydrogens (tertiary/aromatic N) is 2. The molecule has 0 fully saturated rings. The predicted octanol–water partition coefficient (Wildman–Crippen LogP) is 2.78. The van der Waals surface area contributed by atoms with Crippen LogP contribution in [0.25, 0.3) is 0 Å². The smallest absolute Gasteiger partial charge is 0.339 e. The van der Waals surface area contributed by atoms with Gasteiger partial charge in [-0.3, -0.25) is 14.9 Å². The molecule has 0 atom stereocenters. The van der Waals surface area contributed by atoms with Gasteiger partial charge in [-0.25, -0.2) is 4.79 Å². The Balaban J connectivity index is 2.30. The van der Waals surface area contributed by atoms with Crippen LogP contribution in [0.5, 0.6) is 5.75 Å². The second kappa shape index (κ2) is 7.26. The molecule has 0 unspecified atom stereocenters. The van der Waals surface area contributed by atoms with Crippen LogP contribution in [0.15, 0.2) is 22.6 Å². The molecule has 138 valence electrons. The number of aryl methyl sites for hydroxylation is 1. The fourth-order valence-corrected chi connectivity index (χ4v) is 2.56. The van der Waals surface area contributed by atoms with Crippen molar-refractivity contribution in [3.05, 3.63) is 56.5 Å². The van der Waals surface area contributed by atoms with Gasteiger partial charge in [0.05, 0.1) is 29.7 Å². The van der Waals surface area contributed by atoms with Crippen molar-refractivity contribution in [2.75, 3.05) is 14.2 Å². The lowest BCUT2D eigenvalue weighted by Crippen LogP contribution is -2.26. The van der Waals surface area contributed by atoms with Crippen molar-refractivity contribution in [1.29, 1.82) is 0 Å². The monoisotopic (exact) mass is 362 g/mol. The largest absolute Gasteiger partial charge is 0.496 e. The van der Waals surface area contributed by atoms with Crippen molar-refractivity contribution >= 4 is 17.6 Å². The molecule has 2 aromatic rings. The molecule has 1 aromatic heterocycles. The first-order valence-electron chi connectivity index (χ1n) is 7.56. The first-order valence-corrected chi connectivity index (χ1v) is 7.56. The maximum Gasteiger partial charge on any atom is 0.339 e. The minimum Gasteiger partial charge on any atom is -0.496 e. The van der Waals surface area contributed by atoms with Crippen molar-refractivity contribution in [3.8, 4) is 5.75 Å². The molecule has 1 aromatic carbocycles. The average molecular weight is 362 g/mol. The summed E-state index contributed by atoms with van der Waals surface area (Å²) in [5.74, 6) is -0.842. The summed E-state index contributed by atoms with van der Waals surface area (Å²) in [6.07, 6.45) is 0. The quantitative estimate of drug-likeness (QED) is 0.619. The van der Waals surface area contributed by atoms with Gasteiger partial charge in [-0.2, -0.15) is 0 Å². The Hall–Kier alpha value is -3.36. The zero-order valence-electron chi connectivity index (χ0n) is 14.7. The zero-order chi connectivity index (χ0) is 19.6. The van der Waals surface area contributed by atoms with Gasteiger partial charge in [-0.15, -0.1) is 0 Å². The van der Waals surface area contributed by atoms with E-state index < -0.39 is 16.8 Å². The molecule has 26 heavy (non-hydrogen) atoms. The molecular weight excluding hydrogens is 344 g/mol. The third-order valence-electron chi connectivity index (χ3n) is 3.94. The molecule has 0 saturated heterocycles. The number of benzene rings is 1.